The van der Waals surface area contributed by atoms with Gasteiger partial charge < -0.3 is 11.1 Å². The third-order valence-corrected chi connectivity index (χ3v) is 11.0. The number of nitrogens with one attached hydrogen (secondary N) is 2. The summed E-state index contributed by atoms with van der Waals surface area (Å²) >= 11 is 5.86. The molecule has 0 unspecified atom stereocenters. The standard InChI is InChI=1S/C35H41ClN6O4S/c1-22-4-17-30(47(45,46)42(2)3)20-31(22)25-9-5-23(6-10-25)18-28(19-32(43)26-11-7-24(21-37)8-12-26)34(44)38-29-15-13-27(14-16-29)33-39-35(36)41-40-33/h4-6,9-10,13-17,20,24,26,28H,7-8,11-12,18-19,21,37H2,1-3H3,(H,38,44)(H,39,40,41)/t24?,26?,28-/m1/s1. The molecule has 248 valence electrons. The van der Waals surface area contributed by atoms with Gasteiger partial charge in [0.25, 0.3) is 0 Å². The van der Waals surface area contributed by atoms with Gasteiger partial charge in [-0.15, -0.1) is 0 Å². The van der Waals surface area contributed by atoms with Crippen LogP contribution in [0.4, 0.5) is 5.69 Å². The van der Waals surface area contributed by atoms with Crippen molar-refractivity contribution in [1.29, 1.82) is 0 Å². The van der Waals surface area contributed by atoms with E-state index in [-0.39, 0.29) is 34.2 Å². The first kappa shape index (κ1) is 34.4. The van der Waals surface area contributed by atoms with Crippen molar-refractivity contribution < 1.29 is 18.0 Å². The van der Waals surface area contributed by atoms with Gasteiger partial charge in [-0.2, -0.15) is 10.1 Å². The molecule has 0 bridgehead atoms. The molecule has 0 saturated heterocycles. The van der Waals surface area contributed by atoms with Crippen molar-refractivity contribution in [3.8, 4) is 22.5 Å². The number of nitrogens with zero attached hydrogens (tertiary/aromatic N) is 3. The maximum Gasteiger partial charge on any atom is 0.242 e. The number of nitrogens with two attached hydrogens (primary N) is 1. The van der Waals surface area contributed by atoms with Gasteiger partial charge in [0.15, 0.2) is 5.82 Å². The van der Waals surface area contributed by atoms with E-state index in [4.69, 9.17) is 17.3 Å². The summed E-state index contributed by atoms with van der Waals surface area (Å²) < 4.78 is 26.7. The number of carbonyl (C=O) groups is 2. The van der Waals surface area contributed by atoms with E-state index in [0.717, 1.165) is 53.5 Å². The Kier molecular flexibility index (Phi) is 10.9. The van der Waals surface area contributed by atoms with Crippen molar-refractivity contribution in [1.82, 2.24) is 19.5 Å². The zero-order chi connectivity index (χ0) is 33.7. The van der Waals surface area contributed by atoms with Crippen molar-refractivity contribution in [2.75, 3.05) is 26.0 Å². The lowest BCUT2D eigenvalue weighted by Gasteiger charge is -2.27. The van der Waals surface area contributed by atoms with Gasteiger partial charge in [-0.25, -0.2) is 17.8 Å². The largest absolute Gasteiger partial charge is 0.330 e. The predicted molar refractivity (Wildman–Crippen MR) is 184 cm³/mol. The zero-order valence-corrected chi connectivity index (χ0v) is 28.4. The lowest BCUT2D eigenvalue weighted by molar-refractivity contribution is -0.129. The second kappa shape index (κ2) is 14.9. The highest BCUT2D eigenvalue weighted by molar-refractivity contribution is 7.89. The van der Waals surface area contributed by atoms with Gasteiger partial charge in [0, 0.05) is 43.6 Å². The lowest BCUT2D eigenvalue weighted by Crippen LogP contribution is -2.31. The fraction of sp³-hybridized carbons (Fsp3) is 0.371. The average Bonchev–Trinajstić information content (AvgIpc) is 3.51. The summed E-state index contributed by atoms with van der Waals surface area (Å²) in [5.41, 5.74) is 10.7. The van der Waals surface area contributed by atoms with Gasteiger partial charge in [-0.05, 0) is 122 Å². The van der Waals surface area contributed by atoms with Crippen LogP contribution in [-0.2, 0) is 26.0 Å². The molecule has 3 aromatic carbocycles. The Bertz CT molecular complexity index is 1820. The van der Waals surface area contributed by atoms with Crippen LogP contribution in [0.5, 0.6) is 0 Å². The molecule has 12 heteroatoms. The number of sulfonamides is 1. The molecule has 1 aliphatic carbocycles. The first-order valence-corrected chi connectivity index (χ1v) is 17.6. The van der Waals surface area contributed by atoms with E-state index in [2.05, 4.69) is 20.5 Å². The number of Topliss-reactive ketones (excluding diaryl/α,β-unsaturated/α-hetero) is 1. The van der Waals surface area contributed by atoms with Crippen molar-refractivity contribution >= 4 is 39.0 Å². The number of H-pyrrole nitrogens is 1. The first-order chi connectivity index (χ1) is 22.4. The SMILES string of the molecule is Cc1ccc(S(=O)(=O)N(C)C)cc1-c1ccc(C[C@H](CC(=O)C2CCC(CN)CC2)C(=O)Nc2ccc(-c3n[nH]c(Cl)n3)cc2)cc1. The van der Waals surface area contributed by atoms with Gasteiger partial charge in [0.2, 0.25) is 21.2 Å². The maximum absolute atomic E-state index is 13.7. The number of carbonyl (C=O) groups excluding carboxylic acids is 2. The normalized spacial score (nSPS) is 17.4. The van der Waals surface area contributed by atoms with Gasteiger partial charge in [-0.3, -0.25) is 9.59 Å². The van der Waals surface area contributed by atoms with E-state index in [1.807, 2.05) is 31.2 Å². The number of ketones is 1. The van der Waals surface area contributed by atoms with Gasteiger partial charge in [-0.1, -0.05) is 30.3 Å². The van der Waals surface area contributed by atoms with Crippen molar-refractivity contribution in [2.24, 2.45) is 23.5 Å². The minimum atomic E-state index is -3.59. The molecular formula is C35H41ClN6O4S. The Morgan fingerprint density at radius 1 is 1.00 bits per heavy atom. The van der Waals surface area contributed by atoms with Crippen LogP contribution in [-0.4, -0.2) is 60.2 Å². The third kappa shape index (κ3) is 8.34. The molecule has 0 aliphatic heterocycles. The number of benzene rings is 3. The number of aryl methyl sites for hydroxylation is 1. The average molecular weight is 677 g/mol. The maximum atomic E-state index is 13.7. The van der Waals surface area contributed by atoms with E-state index < -0.39 is 15.9 Å². The van der Waals surface area contributed by atoms with Crippen molar-refractivity contribution in [2.45, 2.75) is 50.3 Å². The summed E-state index contributed by atoms with van der Waals surface area (Å²) in [5, 5.41) is 9.86. The van der Waals surface area contributed by atoms with Gasteiger partial charge >= 0.3 is 0 Å². The highest BCUT2D eigenvalue weighted by Gasteiger charge is 2.30. The fourth-order valence-corrected chi connectivity index (χ4v) is 7.14. The molecule has 47 heavy (non-hydrogen) atoms. The second-order valence-electron chi connectivity index (χ2n) is 12.5. The van der Waals surface area contributed by atoms with Gasteiger partial charge in [0.05, 0.1) is 4.90 Å². The molecule has 10 nitrogen and oxygen atoms in total. The summed E-state index contributed by atoms with van der Waals surface area (Å²) in [5.74, 6) is 0.150. The smallest absolute Gasteiger partial charge is 0.242 e. The number of amides is 1. The number of rotatable bonds is 12. The van der Waals surface area contributed by atoms with Crippen LogP contribution in [0.15, 0.2) is 71.6 Å². The molecule has 5 rings (SSSR count). The second-order valence-corrected chi connectivity index (χ2v) is 15.0. The molecule has 0 radical (unpaired) electrons. The topological polar surface area (TPSA) is 151 Å². The molecule has 1 aromatic heterocycles. The molecule has 4 aromatic rings. The van der Waals surface area contributed by atoms with Crippen molar-refractivity contribution in [3.05, 3.63) is 83.1 Å². The van der Waals surface area contributed by atoms with E-state index in [9.17, 15) is 18.0 Å². The molecule has 1 aliphatic rings. The molecule has 4 N–H and O–H groups in total. The number of anilines is 1. The first-order valence-electron chi connectivity index (χ1n) is 15.8. The monoisotopic (exact) mass is 676 g/mol. The number of hydrogen-bond acceptors (Lipinski definition) is 7. The Balaban J connectivity index is 1.34. The molecule has 1 heterocycles. The van der Waals surface area contributed by atoms with Crippen LogP contribution >= 0.6 is 11.6 Å². The molecule has 1 atom stereocenters. The zero-order valence-electron chi connectivity index (χ0n) is 26.9. The van der Waals surface area contributed by atoms with Crippen LogP contribution in [0.1, 0.15) is 43.2 Å². The quantitative estimate of drug-likeness (QED) is 0.170. The van der Waals surface area contributed by atoms with Crippen LogP contribution in [0, 0.1) is 24.7 Å². The Labute approximate surface area is 281 Å². The summed E-state index contributed by atoms with van der Waals surface area (Å²) in [4.78, 5) is 31.6. The number of hydrogen-bond donors (Lipinski definition) is 3. The third-order valence-electron chi connectivity index (χ3n) is 9.06. The Morgan fingerprint density at radius 3 is 2.26 bits per heavy atom. The molecule has 1 fully saturated rings. The summed E-state index contributed by atoms with van der Waals surface area (Å²) in [6.45, 7) is 2.58. The van der Waals surface area contributed by atoms with E-state index in [1.54, 1.807) is 42.5 Å². The lowest BCUT2D eigenvalue weighted by atomic mass is 9.77. The molecule has 1 amide bonds. The minimum absolute atomic E-state index is 0.0587. The highest BCUT2D eigenvalue weighted by Crippen LogP contribution is 2.32. The minimum Gasteiger partial charge on any atom is -0.330 e. The Morgan fingerprint density at radius 2 is 1.66 bits per heavy atom. The number of halogens is 1. The van der Waals surface area contributed by atoms with Crippen LogP contribution in [0.25, 0.3) is 22.5 Å². The molecular weight excluding hydrogens is 636 g/mol. The van der Waals surface area contributed by atoms with Crippen LogP contribution in [0.3, 0.4) is 0 Å². The number of aromatic nitrogens is 3. The van der Waals surface area contributed by atoms with Crippen LogP contribution in [0.2, 0.25) is 5.28 Å². The molecule has 0 spiro atoms. The van der Waals surface area contributed by atoms with Gasteiger partial charge in [0.1, 0.15) is 5.78 Å². The summed E-state index contributed by atoms with van der Waals surface area (Å²) in [6, 6.07) is 20.0. The highest BCUT2D eigenvalue weighted by atomic mass is 35.5. The number of aromatic amines is 1. The van der Waals surface area contributed by atoms with E-state index in [0.29, 0.717) is 30.4 Å². The van der Waals surface area contributed by atoms with Crippen molar-refractivity contribution in [3.63, 3.8) is 0 Å². The van der Waals surface area contributed by atoms with Crippen LogP contribution < -0.4 is 11.1 Å². The fourth-order valence-electron chi connectivity index (χ4n) is 6.09. The summed E-state index contributed by atoms with van der Waals surface area (Å²) in [6.07, 6.45) is 3.99. The van der Waals surface area contributed by atoms with E-state index in [1.165, 1.54) is 18.4 Å². The molecule has 1 saturated carbocycles. The van der Waals surface area contributed by atoms with E-state index >= 15 is 0 Å². The predicted octanol–water partition coefficient (Wildman–Crippen LogP) is 5.87. The Hall–Kier alpha value is -3.90. The summed E-state index contributed by atoms with van der Waals surface area (Å²) in [7, 11) is -0.567.